The van der Waals surface area contributed by atoms with Gasteiger partial charge in [-0.15, -0.1) is 11.8 Å². The van der Waals surface area contributed by atoms with E-state index in [9.17, 15) is 18.0 Å². The first-order chi connectivity index (χ1) is 9.82. The Labute approximate surface area is 123 Å². The second-order valence-electron chi connectivity index (χ2n) is 4.35. The standard InChI is InChI=1S/C13H13F3N2O2S/c1-18(20-2)12(19)10-7-21-11(17-10)8-3-5-9(6-4-8)13(14,15)16/h3-6,10H,7H2,1-2H3. The van der Waals surface area contributed by atoms with Crippen LogP contribution >= 0.6 is 11.8 Å². The fourth-order valence-corrected chi connectivity index (χ4v) is 2.80. The summed E-state index contributed by atoms with van der Waals surface area (Å²) in [6.07, 6.45) is -4.36. The minimum Gasteiger partial charge on any atom is -0.274 e. The molecular weight excluding hydrogens is 305 g/mol. The van der Waals surface area contributed by atoms with E-state index in [1.165, 1.54) is 38.1 Å². The van der Waals surface area contributed by atoms with E-state index in [0.29, 0.717) is 16.4 Å². The topological polar surface area (TPSA) is 41.9 Å². The van der Waals surface area contributed by atoms with Crippen LogP contribution in [0.5, 0.6) is 0 Å². The number of nitrogens with zero attached hydrogens (tertiary/aromatic N) is 2. The second kappa shape index (κ2) is 6.07. The second-order valence-corrected chi connectivity index (χ2v) is 5.36. The summed E-state index contributed by atoms with van der Waals surface area (Å²) in [4.78, 5) is 20.9. The molecule has 4 nitrogen and oxygen atoms in total. The molecule has 1 unspecified atom stereocenters. The summed E-state index contributed by atoms with van der Waals surface area (Å²) in [5.41, 5.74) is -0.134. The van der Waals surface area contributed by atoms with E-state index in [0.717, 1.165) is 17.2 Å². The highest BCUT2D eigenvalue weighted by Crippen LogP contribution is 2.31. The van der Waals surface area contributed by atoms with Crippen molar-refractivity contribution in [1.29, 1.82) is 0 Å². The van der Waals surface area contributed by atoms with E-state index in [2.05, 4.69) is 4.99 Å². The summed E-state index contributed by atoms with van der Waals surface area (Å²) >= 11 is 1.34. The average Bonchev–Trinajstić information content (AvgIpc) is 2.94. The van der Waals surface area contributed by atoms with Gasteiger partial charge in [-0.2, -0.15) is 13.2 Å². The highest BCUT2D eigenvalue weighted by atomic mass is 32.2. The van der Waals surface area contributed by atoms with Crippen LogP contribution in [0.2, 0.25) is 0 Å². The third kappa shape index (κ3) is 3.56. The van der Waals surface area contributed by atoms with Crippen LogP contribution in [-0.4, -0.2) is 42.0 Å². The van der Waals surface area contributed by atoms with Crippen LogP contribution in [-0.2, 0) is 15.8 Å². The van der Waals surface area contributed by atoms with Crippen molar-refractivity contribution in [2.45, 2.75) is 12.2 Å². The van der Waals surface area contributed by atoms with E-state index in [1.807, 2.05) is 0 Å². The van der Waals surface area contributed by atoms with Crippen molar-refractivity contribution in [3.63, 3.8) is 0 Å². The van der Waals surface area contributed by atoms with Crippen LogP contribution in [0.1, 0.15) is 11.1 Å². The number of carbonyl (C=O) groups is 1. The molecule has 0 radical (unpaired) electrons. The van der Waals surface area contributed by atoms with Crippen LogP contribution in [0.4, 0.5) is 13.2 Å². The average molecular weight is 318 g/mol. The Morgan fingerprint density at radius 3 is 2.52 bits per heavy atom. The zero-order valence-corrected chi connectivity index (χ0v) is 12.2. The molecule has 0 N–H and O–H groups in total. The molecule has 2 rings (SSSR count). The van der Waals surface area contributed by atoms with Gasteiger partial charge in [-0.25, -0.2) is 5.06 Å². The molecule has 21 heavy (non-hydrogen) atoms. The third-order valence-corrected chi connectivity index (χ3v) is 4.08. The first-order valence-electron chi connectivity index (χ1n) is 6.03. The Morgan fingerprint density at radius 2 is 2.00 bits per heavy atom. The van der Waals surface area contributed by atoms with Crippen molar-refractivity contribution in [3.8, 4) is 0 Å². The van der Waals surface area contributed by atoms with Crippen molar-refractivity contribution in [2.75, 3.05) is 19.9 Å². The fourth-order valence-electron chi connectivity index (χ4n) is 1.76. The number of alkyl halides is 3. The van der Waals surface area contributed by atoms with E-state index in [-0.39, 0.29) is 5.91 Å². The summed E-state index contributed by atoms with van der Waals surface area (Å²) in [6, 6.07) is 4.17. The number of rotatable bonds is 3. The Bertz CT molecular complexity index is 558. The maximum Gasteiger partial charge on any atom is 0.416 e. The number of halogens is 3. The molecule has 1 heterocycles. The normalized spacial score (nSPS) is 18.5. The van der Waals surface area contributed by atoms with Crippen LogP contribution in [0.15, 0.2) is 29.3 Å². The van der Waals surface area contributed by atoms with Crippen molar-refractivity contribution in [1.82, 2.24) is 5.06 Å². The van der Waals surface area contributed by atoms with Crippen LogP contribution in [0.25, 0.3) is 0 Å². The predicted molar refractivity (Wildman–Crippen MR) is 74.0 cm³/mol. The summed E-state index contributed by atoms with van der Waals surface area (Å²) in [6.45, 7) is 0. The number of aliphatic imine (C=N–C) groups is 1. The Balaban J connectivity index is 2.15. The first kappa shape index (κ1) is 15.8. The van der Waals surface area contributed by atoms with Gasteiger partial charge in [0.2, 0.25) is 0 Å². The molecule has 1 aromatic carbocycles. The van der Waals surface area contributed by atoms with Crippen molar-refractivity contribution in [3.05, 3.63) is 35.4 Å². The lowest BCUT2D eigenvalue weighted by Crippen LogP contribution is -2.34. The van der Waals surface area contributed by atoms with Crippen molar-refractivity contribution < 1.29 is 22.8 Å². The molecule has 0 aliphatic carbocycles. The van der Waals surface area contributed by atoms with Gasteiger partial charge in [0.25, 0.3) is 5.91 Å². The number of likely N-dealkylation sites (N-methyl/N-ethyl adjacent to an activating group) is 1. The van der Waals surface area contributed by atoms with Crippen LogP contribution in [0, 0.1) is 0 Å². The number of hydrogen-bond acceptors (Lipinski definition) is 4. The summed E-state index contributed by atoms with van der Waals surface area (Å²) in [5, 5.41) is 1.65. The molecule has 1 amide bonds. The molecule has 0 bridgehead atoms. The molecule has 1 aromatic rings. The molecular formula is C13H13F3N2O2S. The van der Waals surface area contributed by atoms with Gasteiger partial charge in [0.05, 0.1) is 17.7 Å². The maximum atomic E-state index is 12.5. The van der Waals surface area contributed by atoms with Gasteiger partial charge in [0.1, 0.15) is 6.04 Å². The van der Waals surface area contributed by atoms with E-state index in [1.54, 1.807) is 0 Å². The lowest BCUT2D eigenvalue weighted by Gasteiger charge is -2.15. The largest absolute Gasteiger partial charge is 0.416 e. The number of hydroxylamine groups is 2. The monoisotopic (exact) mass is 318 g/mol. The zero-order chi connectivity index (χ0) is 15.6. The fraction of sp³-hybridized carbons (Fsp3) is 0.385. The quantitative estimate of drug-likeness (QED) is 0.805. The third-order valence-electron chi connectivity index (χ3n) is 2.98. The van der Waals surface area contributed by atoms with E-state index in [4.69, 9.17) is 4.84 Å². The summed E-state index contributed by atoms with van der Waals surface area (Å²) < 4.78 is 37.5. The van der Waals surface area contributed by atoms with Crippen LogP contribution in [0.3, 0.4) is 0 Å². The Kier molecular flexibility index (Phi) is 4.58. The van der Waals surface area contributed by atoms with Gasteiger partial charge in [0, 0.05) is 18.4 Å². The van der Waals surface area contributed by atoms with Gasteiger partial charge in [0.15, 0.2) is 0 Å². The predicted octanol–water partition coefficient (Wildman–Crippen LogP) is 2.59. The number of hydrogen-bond donors (Lipinski definition) is 0. The minimum absolute atomic E-state index is 0.285. The molecule has 0 saturated carbocycles. The zero-order valence-electron chi connectivity index (χ0n) is 11.3. The van der Waals surface area contributed by atoms with E-state index < -0.39 is 17.8 Å². The Hall–Kier alpha value is -1.54. The first-order valence-corrected chi connectivity index (χ1v) is 7.01. The SMILES string of the molecule is CON(C)C(=O)C1CSC(c2ccc(C(F)(F)F)cc2)=N1. The maximum absolute atomic E-state index is 12.5. The van der Waals surface area contributed by atoms with Gasteiger partial charge in [-0.05, 0) is 12.1 Å². The highest BCUT2D eigenvalue weighted by molar-refractivity contribution is 8.14. The van der Waals surface area contributed by atoms with Gasteiger partial charge in [-0.1, -0.05) is 12.1 Å². The highest BCUT2D eigenvalue weighted by Gasteiger charge is 2.31. The van der Waals surface area contributed by atoms with Crippen molar-refractivity contribution in [2.24, 2.45) is 4.99 Å². The lowest BCUT2D eigenvalue weighted by atomic mass is 10.1. The number of amides is 1. The number of carbonyl (C=O) groups excluding carboxylic acids is 1. The van der Waals surface area contributed by atoms with Crippen molar-refractivity contribution >= 4 is 22.7 Å². The van der Waals surface area contributed by atoms with Gasteiger partial charge < -0.3 is 0 Å². The van der Waals surface area contributed by atoms with Gasteiger partial charge in [-0.3, -0.25) is 14.6 Å². The minimum atomic E-state index is -4.36. The molecule has 114 valence electrons. The lowest BCUT2D eigenvalue weighted by molar-refractivity contribution is -0.169. The molecule has 0 spiro atoms. The molecule has 0 fully saturated rings. The molecule has 1 aliphatic rings. The number of benzene rings is 1. The molecule has 1 aliphatic heterocycles. The van der Waals surface area contributed by atoms with Crippen LogP contribution < -0.4 is 0 Å². The smallest absolute Gasteiger partial charge is 0.274 e. The number of thioether (sulfide) groups is 1. The molecule has 1 atom stereocenters. The van der Waals surface area contributed by atoms with Gasteiger partial charge >= 0.3 is 6.18 Å². The van der Waals surface area contributed by atoms with E-state index >= 15 is 0 Å². The Morgan fingerprint density at radius 1 is 1.38 bits per heavy atom. The molecule has 8 heteroatoms. The molecule has 0 aromatic heterocycles. The summed E-state index contributed by atoms with van der Waals surface area (Å²) in [5.74, 6) is 0.162. The summed E-state index contributed by atoms with van der Waals surface area (Å²) in [7, 11) is 2.86. The molecule has 0 saturated heterocycles.